The lowest BCUT2D eigenvalue weighted by Gasteiger charge is -2.38. The van der Waals surface area contributed by atoms with Gasteiger partial charge in [0.05, 0.1) is 22.1 Å². The van der Waals surface area contributed by atoms with Crippen molar-refractivity contribution in [3.05, 3.63) is 17.1 Å². The van der Waals surface area contributed by atoms with Gasteiger partial charge in [0, 0.05) is 55.7 Å². The molecule has 3 aliphatic heterocycles. The van der Waals surface area contributed by atoms with E-state index in [0.29, 0.717) is 66.6 Å². The van der Waals surface area contributed by atoms with E-state index in [1.165, 1.54) is 6.07 Å². The molecule has 0 bridgehead atoms. The third-order valence-electron chi connectivity index (χ3n) is 8.56. The summed E-state index contributed by atoms with van der Waals surface area (Å²) in [5, 5.41) is 11.3. The van der Waals surface area contributed by atoms with Crippen LogP contribution >= 0.6 is 11.3 Å². The standard InChI is InChI=1S/C27H33F2N9O4S2/c1-14-10-37(11-15(2)30-14)19-9-17(44(40,41)35-27(3)4-5-27)8-18-20(19)31-25(32-21(18)23-33-34-24(43-23)22(28)29)36-6-7-38-16(12-36)13-42-26(38)39/h8-9,14-16,22,30,35H,4-7,10-13H2,1-3H3. The smallest absolute Gasteiger partial charge is 0.410 e. The Labute approximate surface area is 257 Å². The van der Waals surface area contributed by atoms with Gasteiger partial charge in [0.15, 0.2) is 10.0 Å². The normalized spacial score (nSPS) is 25.1. The van der Waals surface area contributed by atoms with E-state index in [1.54, 1.807) is 11.0 Å². The maximum absolute atomic E-state index is 13.7. The SMILES string of the molecule is CC1CN(c2cc(S(=O)(=O)NC3(C)CC3)cc3c(-c4nnc(C(F)F)s4)nc(N4CCN5C(=O)OCC5C4)nc23)CC(C)N1. The first-order valence-electron chi connectivity index (χ1n) is 14.6. The summed E-state index contributed by atoms with van der Waals surface area (Å²) < 4.78 is 62.8. The minimum absolute atomic E-state index is 0.0402. The molecule has 0 spiro atoms. The second-order valence-corrected chi connectivity index (χ2v) is 15.1. The van der Waals surface area contributed by atoms with E-state index in [4.69, 9.17) is 14.7 Å². The zero-order valence-corrected chi connectivity index (χ0v) is 26.1. The summed E-state index contributed by atoms with van der Waals surface area (Å²) in [4.78, 5) is 27.7. The van der Waals surface area contributed by atoms with Crippen LogP contribution in [-0.2, 0) is 14.8 Å². The van der Waals surface area contributed by atoms with E-state index < -0.39 is 27.0 Å². The molecule has 0 radical (unpaired) electrons. The monoisotopic (exact) mass is 649 g/mol. The van der Waals surface area contributed by atoms with Crippen molar-refractivity contribution in [1.29, 1.82) is 0 Å². The number of cyclic esters (lactones) is 1. The molecule has 3 aromatic rings. The predicted octanol–water partition coefficient (Wildman–Crippen LogP) is 2.74. The van der Waals surface area contributed by atoms with Crippen LogP contribution in [-0.4, -0.2) is 103 Å². The summed E-state index contributed by atoms with van der Waals surface area (Å²) in [6.07, 6.45) is -1.69. The quantitative estimate of drug-likeness (QED) is 0.390. The van der Waals surface area contributed by atoms with Gasteiger partial charge in [-0.1, -0.05) is 11.3 Å². The average molecular weight is 650 g/mol. The van der Waals surface area contributed by atoms with Gasteiger partial charge in [-0.2, -0.15) is 0 Å². The van der Waals surface area contributed by atoms with Gasteiger partial charge in [-0.05, 0) is 45.7 Å². The third kappa shape index (κ3) is 5.43. The molecule has 7 rings (SSSR count). The Balaban J connectivity index is 1.43. The molecule has 17 heteroatoms. The van der Waals surface area contributed by atoms with Gasteiger partial charge in [-0.3, -0.25) is 4.90 Å². The third-order valence-corrected chi connectivity index (χ3v) is 11.1. The largest absolute Gasteiger partial charge is 0.447 e. The Morgan fingerprint density at radius 3 is 2.52 bits per heavy atom. The number of hydrogen-bond acceptors (Lipinski definition) is 12. The molecule has 1 amide bonds. The fourth-order valence-corrected chi connectivity index (χ4v) is 8.38. The van der Waals surface area contributed by atoms with Gasteiger partial charge in [-0.25, -0.2) is 36.7 Å². The van der Waals surface area contributed by atoms with Crippen molar-refractivity contribution in [2.45, 2.75) is 68.6 Å². The molecule has 4 fully saturated rings. The molecule has 2 N–H and O–H groups in total. The molecule has 3 saturated heterocycles. The number of rotatable bonds is 7. The molecular weight excluding hydrogens is 616 g/mol. The van der Waals surface area contributed by atoms with Gasteiger partial charge < -0.3 is 19.9 Å². The van der Waals surface area contributed by atoms with Crippen molar-refractivity contribution in [1.82, 2.24) is 35.1 Å². The number of carbonyl (C=O) groups excluding carboxylic acids is 1. The van der Waals surface area contributed by atoms with E-state index in [-0.39, 0.29) is 46.4 Å². The molecule has 5 heterocycles. The number of carbonyl (C=O) groups is 1. The summed E-state index contributed by atoms with van der Waals surface area (Å²) in [5.74, 6) is 0.331. The van der Waals surface area contributed by atoms with E-state index in [0.717, 1.165) is 12.8 Å². The lowest BCUT2D eigenvalue weighted by molar-refractivity contribution is 0.150. The number of nitrogens with zero attached hydrogens (tertiary/aromatic N) is 7. The number of hydrogen-bond donors (Lipinski definition) is 2. The van der Waals surface area contributed by atoms with Crippen molar-refractivity contribution in [3.63, 3.8) is 0 Å². The average Bonchev–Trinajstić information content (AvgIpc) is 3.33. The van der Waals surface area contributed by atoms with Gasteiger partial charge in [0.25, 0.3) is 6.43 Å². The van der Waals surface area contributed by atoms with E-state index in [2.05, 4.69) is 39.0 Å². The Hall–Kier alpha value is -3.28. The Kier molecular flexibility index (Phi) is 7.13. The van der Waals surface area contributed by atoms with Crippen molar-refractivity contribution >= 4 is 50.0 Å². The molecule has 1 saturated carbocycles. The van der Waals surface area contributed by atoms with Gasteiger partial charge in [0.1, 0.15) is 12.3 Å². The van der Waals surface area contributed by atoms with Gasteiger partial charge in [-0.15, -0.1) is 10.2 Å². The number of piperazine rings is 2. The number of sulfonamides is 1. The zero-order chi connectivity index (χ0) is 31.0. The van der Waals surface area contributed by atoms with Crippen LogP contribution in [0.2, 0.25) is 0 Å². The summed E-state index contributed by atoms with van der Waals surface area (Å²) in [7, 11) is -3.95. The van der Waals surface area contributed by atoms with Crippen LogP contribution in [0.5, 0.6) is 0 Å². The summed E-state index contributed by atoms with van der Waals surface area (Å²) in [6, 6.07) is 3.20. The van der Waals surface area contributed by atoms with Crippen molar-refractivity contribution < 1.29 is 26.7 Å². The molecule has 1 aliphatic carbocycles. The molecule has 2 aromatic heterocycles. The molecule has 4 aliphatic rings. The first-order valence-corrected chi connectivity index (χ1v) is 16.9. The van der Waals surface area contributed by atoms with E-state index >= 15 is 0 Å². The second kappa shape index (κ2) is 10.7. The number of amides is 1. The predicted molar refractivity (Wildman–Crippen MR) is 160 cm³/mol. The zero-order valence-electron chi connectivity index (χ0n) is 24.5. The first kappa shape index (κ1) is 29.4. The highest BCUT2D eigenvalue weighted by Gasteiger charge is 2.42. The highest BCUT2D eigenvalue weighted by Crippen LogP contribution is 2.41. The van der Waals surface area contributed by atoms with Crippen molar-refractivity contribution in [2.24, 2.45) is 0 Å². The van der Waals surface area contributed by atoms with E-state index in [1.807, 2.05) is 11.8 Å². The maximum Gasteiger partial charge on any atom is 0.410 e. The number of benzene rings is 1. The number of aromatic nitrogens is 4. The first-order chi connectivity index (χ1) is 20.9. The number of anilines is 2. The van der Waals surface area contributed by atoms with Crippen LogP contribution in [0.15, 0.2) is 17.0 Å². The van der Waals surface area contributed by atoms with Crippen LogP contribution in [0.25, 0.3) is 21.6 Å². The molecule has 236 valence electrons. The topological polar surface area (TPSA) is 146 Å². The molecule has 3 atom stereocenters. The molecular formula is C27H33F2N9O4S2. The Morgan fingerprint density at radius 2 is 1.84 bits per heavy atom. The summed E-state index contributed by atoms with van der Waals surface area (Å²) >= 11 is 0.713. The van der Waals surface area contributed by atoms with Gasteiger partial charge >= 0.3 is 6.09 Å². The fraction of sp³-hybridized carbons (Fsp3) is 0.593. The minimum Gasteiger partial charge on any atom is -0.447 e. The van der Waals surface area contributed by atoms with Crippen LogP contribution in [0.4, 0.5) is 25.2 Å². The van der Waals surface area contributed by atoms with Gasteiger partial charge in [0.2, 0.25) is 16.0 Å². The second-order valence-electron chi connectivity index (χ2n) is 12.4. The molecule has 1 aromatic carbocycles. The fourth-order valence-electron chi connectivity index (χ4n) is 6.16. The Bertz CT molecular complexity index is 1730. The number of halogens is 2. The number of ether oxygens (including phenoxy) is 1. The highest BCUT2D eigenvalue weighted by atomic mass is 32.2. The van der Waals surface area contributed by atoms with Crippen LogP contribution < -0.4 is 19.8 Å². The van der Waals surface area contributed by atoms with Crippen LogP contribution in [0, 0.1) is 0 Å². The number of fused-ring (bicyclic) bond motifs is 2. The maximum atomic E-state index is 13.7. The summed E-state index contributed by atoms with van der Waals surface area (Å²) in [6.45, 7) is 8.68. The molecule has 3 unspecified atom stereocenters. The number of nitrogens with one attached hydrogen (secondary N) is 2. The van der Waals surface area contributed by atoms with E-state index in [9.17, 15) is 22.0 Å². The molecule has 44 heavy (non-hydrogen) atoms. The minimum atomic E-state index is -3.95. The lowest BCUT2D eigenvalue weighted by atomic mass is 10.1. The lowest BCUT2D eigenvalue weighted by Crippen LogP contribution is -2.54. The summed E-state index contributed by atoms with van der Waals surface area (Å²) in [5.41, 5.74) is 0.805. The Morgan fingerprint density at radius 1 is 1.09 bits per heavy atom. The molecule has 13 nitrogen and oxygen atoms in total. The number of alkyl halides is 2. The van der Waals surface area contributed by atoms with Crippen molar-refractivity contribution in [3.8, 4) is 10.7 Å². The van der Waals surface area contributed by atoms with Crippen LogP contribution in [0.3, 0.4) is 0 Å². The highest BCUT2D eigenvalue weighted by molar-refractivity contribution is 7.89. The van der Waals surface area contributed by atoms with Crippen molar-refractivity contribution in [2.75, 3.05) is 49.1 Å². The van der Waals surface area contributed by atoms with Crippen LogP contribution in [0.1, 0.15) is 45.0 Å².